The van der Waals surface area contributed by atoms with Crippen molar-refractivity contribution in [1.29, 1.82) is 0 Å². The number of likely N-dealkylation sites (tertiary alicyclic amines) is 1. The average molecular weight is 393 g/mol. The standard InChI is InChI=1S/C20H26F3N5/c1-12(2)28-8-4-5-15(11-28)25-18-9-13(3)19(27-26-18)16-7-6-14(10-17(16)24)20(21,22)23/h6-7,9-10,12,15H,4-5,8,11,24H2,1-3H3,(H,25,26)/t15-/m1/s1. The Morgan fingerprint density at radius 1 is 1.21 bits per heavy atom. The van der Waals surface area contributed by atoms with Gasteiger partial charge in [0.15, 0.2) is 0 Å². The van der Waals surface area contributed by atoms with Crippen molar-refractivity contribution in [1.82, 2.24) is 15.1 Å². The fraction of sp³-hybridized carbons (Fsp3) is 0.500. The molecule has 1 saturated heterocycles. The minimum Gasteiger partial charge on any atom is -0.398 e. The highest BCUT2D eigenvalue weighted by molar-refractivity contribution is 5.76. The lowest BCUT2D eigenvalue weighted by atomic mass is 10.0. The Balaban J connectivity index is 1.78. The SMILES string of the molecule is Cc1cc(N[C@@H]2CCCN(C(C)C)C2)nnc1-c1ccc(C(F)(F)F)cc1N. The topological polar surface area (TPSA) is 67.1 Å². The normalized spacial score (nSPS) is 18.5. The first-order chi connectivity index (χ1) is 13.1. The van der Waals surface area contributed by atoms with Gasteiger partial charge >= 0.3 is 6.18 Å². The van der Waals surface area contributed by atoms with Gasteiger partial charge in [-0.15, -0.1) is 10.2 Å². The van der Waals surface area contributed by atoms with E-state index in [9.17, 15) is 13.2 Å². The number of hydrogen-bond donors (Lipinski definition) is 2. The molecule has 1 aliphatic heterocycles. The van der Waals surface area contributed by atoms with Gasteiger partial charge < -0.3 is 11.1 Å². The summed E-state index contributed by atoms with van der Waals surface area (Å²) in [6.45, 7) is 8.29. The van der Waals surface area contributed by atoms with Gasteiger partial charge in [0.1, 0.15) is 5.82 Å². The second kappa shape index (κ2) is 7.95. The van der Waals surface area contributed by atoms with Gasteiger partial charge in [-0.3, -0.25) is 4.90 Å². The molecule has 152 valence electrons. The summed E-state index contributed by atoms with van der Waals surface area (Å²) in [4.78, 5) is 2.43. The first-order valence-corrected chi connectivity index (χ1v) is 9.47. The van der Waals surface area contributed by atoms with Crippen molar-refractivity contribution in [3.63, 3.8) is 0 Å². The third-order valence-electron chi connectivity index (χ3n) is 5.15. The van der Waals surface area contributed by atoms with Crippen LogP contribution in [0.1, 0.15) is 37.8 Å². The van der Waals surface area contributed by atoms with Gasteiger partial charge in [0, 0.05) is 29.9 Å². The summed E-state index contributed by atoms with van der Waals surface area (Å²) in [6.07, 6.45) is -2.23. The van der Waals surface area contributed by atoms with E-state index >= 15 is 0 Å². The highest BCUT2D eigenvalue weighted by Gasteiger charge is 2.31. The number of nitrogens with one attached hydrogen (secondary N) is 1. The molecule has 1 aliphatic rings. The van der Waals surface area contributed by atoms with Crippen molar-refractivity contribution in [2.24, 2.45) is 0 Å². The maximum Gasteiger partial charge on any atom is 0.416 e. The smallest absolute Gasteiger partial charge is 0.398 e. The molecule has 0 bridgehead atoms. The van der Waals surface area contributed by atoms with Gasteiger partial charge in [0.25, 0.3) is 0 Å². The van der Waals surface area contributed by atoms with Crippen LogP contribution < -0.4 is 11.1 Å². The number of nitrogen functional groups attached to an aromatic ring is 1. The van der Waals surface area contributed by atoms with Crippen LogP contribution in [0.2, 0.25) is 0 Å². The molecule has 28 heavy (non-hydrogen) atoms. The van der Waals surface area contributed by atoms with Gasteiger partial charge in [-0.05, 0) is 63.9 Å². The molecule has 1 aromatic carbocycles. The van der Waals surface area contributed by atoms with Crippen LogP contribution >= 0.6 is 0 Å². The van der Waals surface area contributed by atoms with Crippen molar-refractivity contribution < 1.29 is 13.2 Å². The summed E-state index contributed by atoms with van der Waals surface area (Å²) < 4.78 is 38.5. The maximum absolute atomic E-state index is 12.8. The number of nitrogens with zero attached hydrogens (tertiary/aromatic N) is 3. The molecule has 5 nitrogen and oxygen atoms in total. The lowest BCUT2D eigenvalue weighted by molar-refractivity contribution is -0.137. The Labute approximate surface area is 163 Å². The Morgan fingerprint density at radius 3 is 2.57 bits per heavy atom. The minimum atomic E-state index is -4.43. The Bertz CT molecular complexity index is 835. The average Bonchev–Trinajstić information content (AvgIpc) is 2.62. The molecule has 0 unspecified atom stereocenters. The van der Waals surface area contributed by atoms with Gasteiger partial charge in [0.05, 0.1) is 11.3 Å². The van der Waals surface area contributed by atoms with E-state index in [1.165, 1.54) is 6.07 Å². The zero-order valence-corrected chi connectivity index (χ0v) is 16.3. The number of alkyl halides is 3. The molecule has 0 amide bonds. The lowest BCUT2D eigenvalue weighted by Crippen LogP contribution is -2.45. The second-order valence-corrected chi connectivity index (χ2v) is 7.63. The summed E-state index contributed by atoms with van der Waals surface area (Å²) >= 11 is 0. The van der Waals surface area contributed by atoms with Crippen molar-refractivity contribution in [2.75, 3.05) is 24.1 Å². The van der Waals surface area contributed by atoms with E-state index in [-0.39, 0.29) is 5.69 Å². The Kier molecular flexibility index (Phi) is 5.79. The van der Waals surface area contributed by atoms with Crippen LogP contribution in [0.5, 0.6) is 0 Å². The van der Waals surface area contributed by atoms with Crippen LogP contribution in [0.4, 0.5) is 24.7 Å². The van der Waals surface area contributed by atoms with E-state index < -0.39 is 11.7 Å². The monoisotopic (exact) mass is 393 g/mol. The summed E-state index contributed by atoms with van der Waals surface area (Å²) in [5.74, 6) is 0.669. The second-order valence-electron chi connectivity index (χ2n) is 7.63. The first kappa shape index (κ1) is 20.4. The number of aromatic nitrogens is 2. The third kappa shape index (κ3) is 4.55. The number of anilines is 2. The van der Waals surface area contributed by atoms with E-state index in [4.69, 9.17) is 5.73 Å². The van der Waals surface area contributed by atoms with Crippen LogP contribution in [-0.2, 0) is 6.18 Å². The molecule has 1 fully saturated rings. The Morgan fingerprint density at radius 2 is 1.96 bits per heavy atom. The molecule has 2 aromatic rings. The fourth-order valence-electron chi connectivity index (χ4n) is 3.58. The summed E-state index contributed by atoms with van der Waals surface area (Å²) in [5, 5.41) is 11.9. The number of nitrogens with two attached hydrogens (primary N) is 1. The van der Waals surface area contributed by atoms with Gasteiger partial charge in [-0.25, -0.2) is 0 Å². The Hall–Kier alpha value is -2.35. The molecular weight excluding hydrogens is 367 g/mol. The minimum absolute atomic E-state index is 0.0350. The fourth-order valence-corrected chi connectivity index (χ4v) is 3.58. The zero-order chi connectivity index (χ0) is 20.5. The third-order valence-corrected chi connectivity index (χ3v) is 5.15. The molecule has 0 radical (unpaired) electrons. The van der Waals surface area contributed by atoms with Crippen molar-refractivity contribution in [3.8, 4) is 11.3 Å². The number of benzene rings is 1. The van der Waals surface area contributed by atoms with E-state index in [0.717, 1.165) is 43.6 Å². The number of halogens is 3. The number of hydrogen-bond acceptors (Lipinski definition) is 5. The van der Waals surface area contributed by atoms with Gasteiger partial charge in [-0.1, -0.05) is 6.07 Å². The number of aryl methyl sites for hydroxylation is 1. The number of piperidine rings is 1. The molecule has 2 heterocycles. The maximum atomic E-state index is 12.8. The van der Waals surface area contributed by atoms with Crippen LogP contribution in [0, 0.1) is 6.92 Å². The molecule has 0 aliphatic carbocycles. The highest BCUT2D eigenvalue weighted by atomic mass is 19.4. The van der Waals surface area contributed by atoms with Crippen LogP contribution in [0.15, 0.2) is 24.3 Å². The van der Waals surface area contributed by atoms with Crippen LogP contribution in [0.25, 0.3) is 11.3 Å². The molecule has 0 spiro atoms. The first-order valence-electron chi connectivity index (χ1n) is 9.47. The van der Waals surface area contributed by atoms with E-state index in [1.807, 2.05) is 13.0 Å². The summed E-state index contributed by atoms with van der Waals surface area (Å²) in [7, 11) is 0. The van der Waals surface area contributed by atoms with Crippen molar-refractivity contribution in [2.45, 2.75) is 51.9 Å². The van der Waals surface area contributed by atoms with Crippen LogP contribution in [-0.4, -0.2) is 40.3 Å². The van der Waals surface area contributed by atoms with Crippen molar-refractivity contribution in [3.05, 3.63) is 35.4 Å². The lowest BCUT2D eigenvalue weighted by Gasteiger charge is -2.35. The summed E-state index contributed by atoms with van der Waals surface area (Å²) in [6, 6.07) is 5.97. The molecule has 8 heteroatoms. The highest BCUT2D eigenvalue weighted by Crippen LogP contribution is 2.35. The van der Waals surface area contributed by atoms with Crippen LogP contribution in [0.3, 0.4) is 0 Å². The van der Waals surface area contributed by atoms with E-state index in [0.29, 0.717) is 29.2 Å². The van der Waals surface area contributed by atoms with Crippen molar-refractivity contribution >= 4 is 11.5 Å². The van der Waals surface area contributed by atoms with E-state index in [1.54, 1.807) is 0 Å². The van der Waals surface area contributed by atoms with Gasteiger partial charge in [-0.2, -0.15) is 13.2 Å². The molecule has 0 saturated carbocycles. The summed E-state index contributed by atoms with van der Waals surface area (Å²) in [5.41, 5.74) is 6.87. The molecular formula is C20H26F3N5. The predicted octanol–water partition coefficient (Wildman–Crippen LogP) is 4.34. The van der Waals surface area contributed by atoms with Gasteiger partial charge in [0.2, 0.25) is 0 Å². The molecule has 1 aromatic heterocycles. The van der Waals surface area contributed by atoms with E-state index in [2.05, 4.69) is 34.3 Å². The molecule has 1 atom stereocenters. The zero-order valence-electron chi connectivity index (χ0n) is 16.3. The number of rotatable bonds is 4. The molecule has 3 rings (SSSR count). The largest absolute Gasteiger partial charge is 0.416 e. The quantitative estimate of drug-likeness (QED) is 0.757. The predicted molar refractivity (Wildman–Crippen MR) is 105 cm³/mol. The molecule has 3 N–H and O–H groups in total.